The van der Waals surface area contributed by atoms with E-state index < -0.39 is 5.97 Å². The summed E-state index contributed by atoms with van der Waals surface area (Å²) >= 11 is 1.83. The van der Waals surface area contributed by atoms with Gasteiger partial charge in [-0.1, -0.05) is 12.5 Å². The van der Waals surface area contributed by atoms with Crippen LogP contribution in [0.3, 0.4) is 0 Å². The maximum atomic E-state index is 11.8. The Bertz CT molecular complexity index is 486. The fraction of sp³-hybridized carbons (Fsp3) is 0.400. The second kappa shape index (κ2) is 9.99. The van der Waals surface area contributed by atoms with E-state index in [1.54, 1.807) is 12.1 Å². The van der Waals surface area contributed by atoms with Gasteiger partial charge in [0.2, 0.25) is 0 Å². The van der Waals surface area contributed by atoms with Crippen LogP contribution in [0.25, 0.3) is 6.08 Å². The van der Waals surface area contributed by atoms with E-state index in [9.17, 15) is 9.59 Å². The molecule has 1 heterocycles. The third kappa shape index (κ3) is 7.51. The highest BCUT2D eigenvalue weighted by Crippen LogP contribution is 2.04. The van der Waals surface area contributed by atoms with Gasteiger partial charge in [0, 0.05) is 18.8 Å². The summed E-state index contributed by atoms with van der Waals surface area (Å²) < 4.78 is 0. The van der Waals surface area contributed by atoms with Crippen molar-refractivity contribution in [2.45, 2.75) is 19.3 Å². The molecular formula is C15H20N2O3S. The van der Waals surface area contributed by atoms with Gasteiger partial charge < -0.3 is 10.4 Å². The number of carbonyl (C=O) groups is 2. The number of hydrogen-bond acceptors (Lipinski definition) is 4. The first-order valence-corrected chi connectivity index (χ1v) is 8.17. The number of nitrogens with zero attached hydrogens (tertiary/aromatic N) is 1. The Hall–Kier alpha value is -1.82. The maximum Gasteiger partial charge on any atom is 0.328 e. The molecule has 1 aromatic heterocycles. The number of amides is 1. The highest BCUT2D eigenvalue weighted by Gasteiger charge is 2.05. The van der Waals surface area contributed by atoms with Crippen molar-refractivity contribution >= 4 is 29.7 Å². The molecule has 0 radical (unpaired) electrons. The molecule has 21 heavy (non-hydrogen) atoms. The van der Waals surface area contributed by atoms with Gasteiger partial charge in [-0.2, -0.15) is 11.8 Å². The van der Waals surface area contributed by atoms with Gasteiger partial charge in [-0.3, -0.25) is 9.78 Å². The number of hydrogen-bond donors (Lipinski definition) is 2. The number of aliphatic carboxylic acids is 1. The quantitative estimate of drug-likeness (QED) is 0.541. The van der Waals surface area contributed by atoms with Crippen molar-refractivity contribution in [3.63, 3.8) is 0 Å². The Morgan fingerprint density at radius 3 is 2.76 bits per heavy atom. The van der Waals surface area contributed by atoms with E-state index >= 15 is 0 Å². The van der Waals surface area contributed by atoms with Crippen LogP contribution in [0.15, 0.2) is 24.4 Å². The summed E-state index contributed by atoms with van der Waals surface area (Å²) in [6.45, 7) is 0.648. The number of pyridine rings is 1. The first-order valence-electron chi connectivity index (χ1n) is 6.77. The predicted octanol–water partition coefficient (Wildman–Crippen LogP) is 2.44. The fourth-order valence-electron chi connectivity index (χ4n) is 1.65. The van der Waals surface area contributed by atoms with E-state index in [1.807, 2.05) is 11.8 Å². The molecule has 1 amide bonds. The number of nitrogens with one attached hydrogen (secondary N) is 1. The number of aromatic nitrogens is 1. The van der Waals surface area contributed by atoms with Gasteiger partial charge in [-0.05, 0) is 42.6 Å². The molecule has 0 atom stereocenters. The normalized spacial score (nSPS) is 10.7. The molecule has 0 bridgehead atoms. The lowest BCUT2D eigenvalue weighted by atomic mass is 10.2. The molecule has 0 saturated carbocycles. The van der Waals surface area contributed by atoms with Crippen LogP contribution in [0.5, 0.6) is 0 Å². The lowest BCUT2D eigenvalue weighted by Gasteiger charge is -2.04. The molecule has 1 aromatic rings. The molecule has 0 aliphatic heterocycles. The summed E-state index contributed by atoms with van der Waals surface area (Å²) in [5.41, 5.74) is 0.984. The Labute approximate surface area is 128 Å². The van der Waals surface area contributed by atoms with Gasteiger partial charge in [0.05, 0.1) is 0 Å². The molecule has 1 rings (SSSR count). The smallest absolute Gasteiger partial charge is 0.328 e. The standard InChI is InChI=1S/C15H20N2O3S/c1-21-10-4-2-3-9-16-15(20)13-7-5-12(11-17-13)6-8-14(18)19/h5-8,11H,2-4,9-10H2,1H3,(H,16,20)(H,18,19)/b8-6+. The zero-order valence-corrected chi connectivity index (χ0v) is 12.9. The van der Waals surface area contributed by atoms with Crippen molar-refractivity contribution in [2.24, 2.45) is 0 Å². The SMILES string of the molecule is CSCCCCCNC(=O)c1ccc(/C=C/C(=O)O)cn1. The summed E-state index contributed by atoms with van der Waals surface area (Å²) in [5, 5.41) is 11.3. The van der Waals surface area contributed by atoms with Crippen molar-refractivity contribution < 1.29 is 14.7 Å². The largest absolute Gasteiger partial charge is 0.478 e. The van der Waals surface area contributed by atoms with Crippen molar-refractivity contribution in [3.8, 4) is 0 Å². The van der Waals surface area contributed by atoms with Gasteiger partial charge in [0.1, 0.15) is 5.69 Å². The number of unbranched alkanes of at least 4 members (excludes halogenated alkanes) is 2. The fourth-order valence-corrected chi connectivity index (χ4v) is 2.14. The second-order valence-corrected chi connectivity index (χ2v) is 5.44. The number of carboxylic acids is 1. The Balaban J connectivity index is 2.36. The summed E-state index contributed by atoms with van der Waals surface area (Å²) in [6, 6.07) is 3.25. The van der Waals surface area contributed by atoms with Crippen LogP contribution in [0, 0.1) is 0 Å². The molecule has 0 aromatic carbocycles. The Morgan fingerprint density at radius 2 is 2.14 bits per heavy atom. The molecule has 2 N–H and O–H groups in total. The van der Waals surface area contributed by atoms with Crippen molar-refractivity contribution in [1.29, 1.82) is 0 Å². The molecule has 5 nitrogen and oxygen atoms in total. The number of carbonyl (C=O) groups excluding carboxylic acids is 1. The maximum absolute atomic E-state index is 11.8. The second-order valence-electron chi connectivity index (χ2n) is 4.46. The first-order chi connectivity index (χ1) is 10.1. The van der Waals surface area contributed by atoms with E-state index in [-0.39, 0.29) is 5.91 Å². The van der Waals surface area contributed by atoms with Crippen LogP contribution < -0.4 is 5.32 Å². The lowest BCUT2D eigenvalue weighted by molar-refractivity contribution is -0.131. The van der Waals surface area contributed by atoms with E-state index in [0.29, 0.717) is 17.8 Å². The molecule has 0 unspecified atom stereocenters. The minimum Gasteiger partial charge on any atom is -0.478 e. The van der Waals surface area contributed by atoms with Crippen LogP contribution in [0.1, 0.15) is 35.3 Å². The molecular weight excluding hydrogens is 288 g/mol. The topological polar surface area (TPSA) is 79.3 Å². The van der Waals surface area contributed by atoms with Crippen LogP contribution in [0.4, 0.5) is 0 Å². The third-order valence-corrected chi connectivity index (χ3v) is 3.45. The predicted molar refractivity (Wildman–Crippen MR) is 85.5 cm³/mol. The van der Waals surface area contributed by atoms with E-state index in [2.05, 4.69) is 16.6 Å². The monoisotopic (exact) mass is 308 g/mol. The van der Waals surface area contributed by atoms with Crippen LogP contribution >= 0.6 is 11.8 Å². The van der Waals surface area contributed by atoms with Crippen LogP contribution in [0.2, 0.25) is 0 Å². The molecule has 0 fully saturated rings. The first kappa shape index (κ1) is 17.2. The number of thioether (sulfide) groups is 1. The third-order valence-electron chi connectivity index (χ3n) is 2.75. The molecule has 114 valence electrons. The summed E-state index contributed by atoms with van der Waals surface area (Å²) in [5.74, 6) is -0.0622. The minimum absolute atomic E-state index is 0.200. The molecule has 0 spiro atoms. The van der Waals surface area contributed by atoms with Crippen molar-refractivity contribution in [2.75, 3.05) is 18.6 Å². The van der Waals surface area contributed by atoms with Gasteiger partial charge in [0.25, 0.3) is 5.91 Å². The average molecular weight is 308 g/mol. The van der Waals surface area contributed by atoms with Gasteiger partial charge >= 0.3 is 5.97 Å². The van der Waals surface area contributed by atoms with Crippen molar-refractivity contribution in [3.05, 3.63) is 35.7 Å². The Kier molecular flexibility index (Phi) is 8.19. The van der Waals surface area contributed by atoms with Crippen LogP contribution in [-0.4, -0.2) is 40.5 Å². The summed E-state index contributed by atoms with van der Waals surface area (Å²) in [6.07, 6.45) is 9.27. The van der Waals surface area contributed by atoms with E-state index in [1.165, 1.54) is 18.7 Å². The van der Waals surface area contributed by atoms with E-state index in [0.717, 1.165) is 24.7 Å². The van der Waals surface area contributed by atoms with E-state index in [4.69, 9.17) is 5.11 Å². The van der Waals surface area contributed by atoms with Gasteiger partial charge in [-0.15, -0.1) is 0 Å². The summed E-state index contributed by atoms with van der Waals surface area (Å²) in [4.78, 5) is 26.2. The zero-order chi connectivity index (χ0) is 15.5. The molecule has 6 heteroatoms. The molecule has 0 saturated heterocycles. The molecule has 0 aliphatic carbocycles. The van der Waals surface area contributed by atoms with Crippen LogP contribution in [-0.2, 0) is 4.79 Å². The summed E-state index contributed by atoms with van der Waals surface area (Å²) in [7, 11) is 0. The van der Waals surface area contributed by atoms with Crippen molar-refractivity contribution in [1.82, 2.24) is 10.3 Å². The highest BCUT2D eigenvalue weighted by molar-refractivity contribution is 7.98. The number of carboxylic acid groups (broad SMARTS) is 1. The minimum atomic E-state index is -1.02. The highest BCUT2D eigenvalue weighted by atomic mass is 32.2. The number of rotatable bonds is 9. The lowest BCUT2D eigenvalue weighted by Crippen LogP contribution is -2.25. The average Bonchev–Trinajstić information content (AvgIpc) is 2.49. The van der Waals surface area contributed by atoms with Gasteiger partial charge in [0.15, 0.2) is 0 Å². The van der Waals surface area contributed by atoms with Gasteiger partial charge in [-0.25, -0.2) is 4.79 Å². The Morgan fingerprint density at radius 1 is 1.33 bits per heavy atom. The zero-order valence-electron chi connectivity index (χ0n) is 12.0. The molecule has 0 aliphatic rings.